The highest BCUT2D eigenvalue weighted by molar-refractivity contribution is 6.31. The van der Waals surface area contributed by atoms with Crippen LogP contribution >= 0.6 is 11.6 Å². The second-order valence-corrected chi connectivity index (χ2v) is 6.99. The highest BCUT2D eigenvalue weighted by Crippen LogP contribution is 2.36. The maximum Gasteiger partial charge on any atom is 0.417 e. The zero-order chi connectivity index (χ0) is 19.6. The standard InChI is InChI=1S/C20H19ClF3NO2/c1-12(27-16-8-6-13-4-2-3-5-14(13)10-16)19(26)25-15-7-9-18(21)17(11-15)20(22,23)24/h6-12H,2-5H2,1H3,(H,25,26)/t12-/m0/s1. The lowest BCUT2D eigenvalue weighted by atomic mass is 9.92. The summed E-state index contributed by atoms with van der Waals surface area (Å²) in [5.41, 5.74) is 1.54. The first kappa shape index (κ1) is 19.5. The zero-order valence-electron chi connectivity index (χ0n) is 14.7. The third-order valence-electron chi connectivity index (χ3n) is 4.54. The molecule has 144 valence electrons. The zero-order valence-corrected chi connectivity index (χ0v) is 15.5. The van der Waals surface area contributed by atoms with E-state index in [0.29, 0.717) is 5.75 Å². The Labute approximate surface area is 160 Å². The van der Waals surface area contributed by atoms with E-state index in [1.807, 2.05) is 18.2 Å². The predicted molar refractivity (Wildman–Crippen MR) is 98.3 cm³/mol. The molecule has 0 heterocycles. The first-order chi connectivity index (χ1) is 12.7. The summed E-state index contributed by atoms with van der Waals surface area (Å²) >= 11 is 5.59. The first-order valence-corrected chi connectivity index (χ1v) is 9.08. The molecule has 1 amide bonds. The summed E-state index contributed by atoms with van der Waals surface area (Å²) in [6, 6.07) is 8.99. The van der Waals surface area contributed by atoms with Crippen molar-refractivity contribution in [3.05, 3.63) is 58.1 Å². The van der Waals surface area contributed by atoms with Gasteiger partial charge in [0, 0.05) is 5.69 Å². The number of hydrogen-bond donors (Lipinski definition) is 1. The van der Waals surface area contributed by atoms with Crippen LogP contribution in [0.15, 0.2) is 36.4 Å². The molecule has 0 spiro atoms. The number of nitrogens with one attached hydrogen (secondary N) is 1. The monoisotopic (exact) mass is 397 g/mol. The van der Waals surface area contributed by atoms with Gasteiger partial charge in [-0.2, -0.15) is 13.2 Å². The Hall–Kier alpha value is -2.21. The van der Waals surface area contributed by atoms with Crippen LogP contribution in [0, 0.1) is 0 Å². The molecule has 7 heteroatoms. The fraction of sp³-hybridized carbons (Fsp3) is 0.350. The number of halogens is 4. The molecule has 2 aromatic rings. The Morgan fingerprint density at radius 1 is 1.11 bits per heavy atom. The Balaban J connectivity index is 1.68. The molecule has 0 aromatic heterocycles. The number of fused-ring (bicyclic) bond motifs is 1. The van der Waals surface area contributed by atoms with Gasteiger partial charge in [-0.05, 0) is 74.1 Å². The smallest absolute Gasteiger partial charge is 0.417 e. The highest BCUT2D eigenvalue weighted by atomic mass is 35.5. The maximum atomic E-state index is 12.9. The van der Waals surface area contributed by atoms with Crippen molar-refractivity contribution < 1.29 is 22.7 Å². The third kappa shape index (κ3) is 4.75. The number of rotatable bonds is 4. The number of alkyl halides is 3. The Morgan fingerprint density at radius 2 is 1.81 bits per heavy atom. The first-order valence-electron chi connectivity index (χ1n) is 8.70. The molecular weight excluding hydrogens is 379 g/mol. The molecule has 27 heavy (non-hydrogen) atoms. The van der Waals surface area contributed by atoms with Crippen LogP contribution in [-0.2, 0) is 23.8 Å². The van der Waals surface area contributed by atoms with Crippen LogP contribution in [0.25, 0.3) is 0 Å². The highest BCUT2D eigenvalue weighted by Gasteiger charge is 2.33. The second kappa shape index (κ2) is 7.80. The molecule has 0 aliphatic heterocycles. The normalized spacial score (nSPS) is 15.0. The van der Waals surface area contributed by atoms with Gasteiger partial charge in [0.15, 0.2) is 6.10 Å². The number of amides is 1. The second-order valence-electron chi connectivity index (χ2n) is 6.58. The minimum absolute atomic E-state index is 0.0117. The molecule has 3 rings (SSSR count). The Kier molecular flexibility index (Phi) is 5.65. The number of ether oxygens (including phenoxy) is 1. The Bertz CT molecular complexity index is 852. The van der Waals surface area contributed by atoms with Crippen molar-refractivity contribution in [2.45, 2.75) is 44.9 Å². The largest absolute Gasteiger partial charge is 0.481 e. The molecular formula is C20H19ClF3NO2. The predicted octanol–water partition coefficient (Wildman–Crippen LogP) is 5.64. The number of anilines is 1. The van der Waals surface area contributed by atoms with Crippen LogP contribution < -0.4 is 10.1 Å². The fourth-order valence-corrected chi connectivity index (χ4v) is 3.33. The third-order valence-corrected chi connectivity index (χ3v) is 4.87. The fourth-order valence-electron chi connectivity index (χ4n) is 3.10. The molecule has 2 aromatic carbocycles. The number of hydrogen-bond acceptors (Lipinski definition) is 2. The lowest BCUT2D eigenvalue weighted by Crippen LogP contribution is -2.30. The molecule has 0 radical (unpaired) electrons. The molecule has 1 aliphatic rings. The molecule has 0 saturated carbocycles. The minimum Gasteiger partial charge on any atom is -0.481 e. The summed E-state index contributed by atoms with van der Waals surface area (Å²) in [7, 11) is 0. The van der Waals surface area contributed by atoms with E-state index in [2.05, 4.69) is 5.32 Å². The summed E-state index contributed by atoms with van der Waals surface area (Å²) in [6.45, 7) is 1.55. The van der Waals surface area contributed by atoms with Crippen LogP contribution in [0.5, 0.6) is 5.75 Å². The van der Waals surface area contributed by atoms with Crippen molar-refractivity contribution >= 4 is 23.2 Å². The minimum atomic E-state index is -4.59. The number of carbonyl (C=O) groups excluding carboxylic acids is 1. The van der Waals surface area contributed by atoms with E-state index in [4.69, 9.17) is 16.3 Å². The van der Waals surface area contributed by atoms with Crippen molar-refractivity contribution in [3.63, 3.8) is 0 Å². The van der Waals surface area contributed by atoms with Crippen LogP contribution in [0.2, 0.25) is 5.02 Å². The molecule has 0 fully saturated rings. The van der Waals surface area contributed by atoms with Gasteiger partial charge in [0.1, 0.15) is 5.75 Å². The van der Waals surface area contributed by atoms with E-state index < -0.39 is 28.8 Å². The quantitative estimate of drug-likeness (QED) is 0.724. The van der Waals surface area contributed by atoms with Gasteiger partial charge in [-0.1, -0.05) is 17.7 Å². The van der Waals surface area contributed by atoms with Crippen molar-refractivity contribution in [2.75, 3.05) is 5.32 Å². The van der Waals surface area contributed by atoms with Crippen LogP contribution in [0.1, 0.15) is 36.5 Å². The van der Waals surface area contributed by atoms with Crippen molar-refractivity contribution in [3.8, 4) is 5.75 Å². The molecule has 1 atom stereocenters. The maximum absolute atomic E-state index is 12.9. The average Bonchev–Trinajstić information content (AvgIpc) is 2.62. The molecule has 0 bridgehead atoms. The van der Waals surface area contributed by atoms with Crippen molar-refractivity contribution in [2.24, 2.45) is 0 Å². The van der Waals surface area contributed by atoms with Gasteiger partial charge in [-0.3, -0.25) is 4.79 Å². The summed E-state index contributed by atoms with van der Waals surface area (Å²) < 4.78 is 44.5. The molecule has 1 N–H and O–H groups in total. The summed E-state index contributed by atoms with van der Waals surface area (Å²) in [4.78, 5) is 12.3. The lowest BCUT2D eigenvalue weighted by Gasteiger charge is -2.19. The average molecular weight is 398 g/mol. The van der Waals surface area contributed by atoms with Gasteiger partial charge in [0.05, 0.1) is 10.6 Å². The van der Waals surface area contributed by atoms with Gasteiger partial charge in [-0.15, -0.1) is 0 Å². The summed E-state index contributed by atoms with van der Waals surface area (Å²) in [5.74, 6) is 0.0357. The molecule has 0 unspecified atom stereocenters. The van der Waals surface area contributed by atoms with Crippen molar-refractivity contribution in [1.29, 1.82) is 0 Å². The topological polar surface area (TPSA) is 38.3 Å². The van der Waals surface area contributed by atoms with Crippen LogP contribution in [-0.4, -0.2) is 12.0 Å². The van der Waals surface area contributed by atoms with E-state index in [1.54, 1.807) is 6.92 Å². The van der Waals surface area contributed by atoms with Gasteiger partial charge in [0.2, 0.25) is 0 Å². The van der Waals surface area contributed by atoms with E-state index in [1.165, 1.54) is 23.6 Å². The van der Waals surface area contributed by atoms with Gasteiger partial charge < -0.3 is 10.1 Å². The SMILES string of the molecule is C[C@H](Oc1ccc2c(c1)CCCC2)C(=O)Nc1ccc(Cl)c(C(F)(F)F)c1. The Morgan fingerprint density at radius 3 is 2.52 bits per heavy atom. The van der Waals surface area contributed by atoms with E-state index in [9.17, 15) is 18.0 Å². The molecule has 3 nitrogen and oxygen atoms in total. The van der Waals surface area contributed by atoms with Gasteiger partial charge in [0.25, 0.3) is 5.91 Å². The lowest BCUT2D eigenvalue weighted by molar-refractivity contribution is -0.137. The summed E-state index contributed by atoms with van der Waals surface area (Å²) in [5, 5.41) is 2.02. The van der Waals surface area contributed by atoms with Crippen LogP contribution in [0.4, 0.5) is 18.9 Å². The molecule has 0 saturated heterocycles. The van der Waals surface area contributed by atoms with Crippen LogP contribution in [0.3, 0.4) is 0 Å². The summed E-state index contributed by atoms with van der Waals surface area (Å²) in [6.07, 6.45) is -1.13. The number of aryl methyl sites for hydroxylation is 2. The van der Waals surface area contributed by atoms with E-state index in [-0.39, 0.29) is 5.69 Å². The van der Waals surface area contributed by atoms with E-state index in [0.717, 1.165) is 31.4 Å². The van der Waals surface area contributed by atoms with Gasteiger partial charge >= 0.3 is 6.18 Å². The molecule has 1 aliphatic carbocycles. The van der Waals surface area contributed by atoms with Crippen molar-refractivity contribution in [1.82, 2.24) is 0 Å². The van der Waals surface area contributed by atoms with E-state index >= 15 is 0 Å². The number of benzene rings is 2. The van der Waals surface area contributed by atoms with Gasteiger partial charge in [-0.25, -0.2) is 0 Å². The number of carbonyl (C=O) groups is 1.